The average Bonchev–Trinajstić information content (AvgIpc) is 1.84. The van der Waals surface area contributed by atoms with Crippen LogP contribution in [0.4, 0.5) is 0 Å². The van der Waals surface area contributed by atoms with Crippen LogP contribution in [0.3, 0.4) is 0 Å². The van der Waals surface area contributed by atoms with Gasteiger partial charge in [-0.2, -0.15) is 8.42 Å². The van der Waals surface area contributed by atoms with Gasteiger partial charge in [-0.05, 0) is 0 Å². The van der Waals surface area contributed by atoms with E-state index in [9.17, 15) is 0 Å². The molecule has 1 unspecified atom stereocenters. The summed E-state index contributed by atoms with van der Waals surface area (Å²) in [6.45, 7) is 3.53. The van der Waals surface area contributed by atoms with Crippen molar-refractivity contribution in [3.8, 4) is 0 Å². The van der Waals surface area contributed by atoms with Crippen molar-refractivity contribution in [2.24, 2.45) is 0 Å². The van der Waals surface area contributed by atoms with E-state index in [0.29, 0.717) is 0 Å². The van der Waals surface area contributed by atoms with E-state index in [4.69, 9.17) is 22.6 Å². The first-order valence-electron chi connectivity index (χ1n) is 3.80. The molecule has 0 fully saturated rings. The molecule has 0 bridgehead atoms. The molecule has 0 aliphatic heterocycles. The van der Waals surface area contributed by atoms with Crippen molar-refractivity contribution < 1.29 is 22.6 Å². The summed E-state index contributed by atoms with van der Waals surface area (Å²) in [5.74, 6) is 0. The predicted octanol–water partition coefficient (Wildman–Crippen LogP) is 0.247. The van der Waals surface area contributed by atoms with Crippen molar-refractivity contribution in [1.29, 1.82) is 0 Å². The van der Waals surface area contributed by atoms with Crippen molar-refractivity contribution in [2.75, 3.05) is 0 Å². The smallest absolute Gasteiger partial charge is 0.264 e. The summed E-state index contributed by atoms with van der Waals surface area (Å²) < 4.78 is 32.8. The molecule has 0 aliphatic carbocycles. The normalized spacial score (nSPS) is 12.7. The van der Waals surface area contributed by atoms with Gasteiger partial charge in [-0.3, -0.25) is 9.11 Å². The second-order valence-corrected chi connectivity index (χ2v) is 4.31. The van der Waals surface area contributed by atoms with Crippen LogP contribution in [0.25, 0.3) is 0 Å². The fourth-order valence-corrected chi connectivity index (χ4v) is 1.31. The standard InChI is InChI=1S/C6H11O.Na.H2O4S/c1-3-5-6(7)4-2;;1-5(2,3)4/h3,6-7H,1-2,4-5H2;;(H2,1,2,3,4). The molecular weight excluding hydrogens is 207 g/mol. The molecule has 0 aromatic rings. The summed E-state index contributed by atoms with van der Waals surface area (Å²) in [6.07, 6.45) is 3.35. The Morgan fingerprint density at radius 1 is 1.46 bits per heavy atom. The SMILES string of the molecule is C=CCC(O)C[CH2][Na].O=S(=O)(O)O. The second-order valence-electron chi connectivity index (χ2n) is 2.41. The number of hydrogen-bond donors (Lipinski definition) is 3. The molecule has 0 rings (SSSR count). The van der Waals surface area contributed by atoms with Crippen LogP contribution in [0.15, 0.2) is 12.7 Å². The van der Waals surface area contributed by atoms with Gasteiger partial charge in [0.2, 0.25) is 0 Å². The molecule has 0 amide bonds. The van der Waals surface area contributed by atoms with Crippen LogP contribution in [0.1, 0.15) is 12.8 Å². The number of aliphatic hydroxyl groups is 1. The number of hydrogen-bond acceptors (Lipinski definition) is 3. The quantitative estimate of drug-likeness (QED) is 0.358. The third-order valence-electron chi connectivity index (χ3n) is 1.06. The van der Waals surface area contributed by atoms with Crippen molar-refractivity contribution in [1.82, 2.24) is 0 Å². The molecule has 0 aromatic heterocycles. The Morgan fingerprint density at radius 2 is 1.85 bits per heavy atom. The van der Waals surface area contributed by atoms with E-state index in [1.807, 2.05) is 0 Å². The second kappa shape index (κ2) is 9.14. The van der Waals surface area contributed by atoms with Crippen molar-refractivity contribution in [2.45, 2.75) is 22.6 Å². The van der Waals surface area contributed by atoms with E-state index in [-0.39, 0.29) is 6.10 Å². The first-order chi connectivity index (χ1) is 5.81. The molecule has 3 N–H and O–H groups in total. The summed E-state index contributed by atoms with van der Waals surface area (Å²) in [4.78, 5) is 0. The van der Waals surface area contributed by atoms with Gasteiger partial charge in [-0.15, -0.1) is 0 Å². The summed E-state index contributed by atoms with van der Waals surface area (Å²) >= 11 is 1.20. The van der Waals surface area contributed by atoms with E-state index < -0.39 is 10.4 Å². The van der Waals surface area contributed by atoms with E-state index >= 15 is 0 Å². The minimum absolute atomic E-state index is 0.120. The van der Waals surface area contributed by atoms with Crippen molar-refractivity contribution in [3.05, 3.63) is 12.7 Å². The maximum Gasteiger partial charge on any atom is 0.394 e. The van der Waals surface area contributed by atoms with E-state index in [1.54, 1.807) is 6.08 Å². The number of rotatable bonds is 4. The van der Waals surface area contributed by atoms with E-state index in [0.717, 1.165) is 12.8 Å². The van der Waals surface area contributed by atoms with Gasteiger partial charge < -0.3 is 0 Å². The Morgan fingerprint density at radius 3 is 2.08 bits per heavy atom. The van der Waals surface area contributed by atoms with Gasteiger partial charge >= 0.3 is 78.7 Å². The maximum absolute atomic E-state index is 9.00. The monoisotopic (exact) mass is 220 g/mol. The predicted molar refractivity (Wildman–Crippen MR) is 50.2 cm³/mol. The molecule has 1 atom stereocenters. The zero-order valence-corrected chi connectivity index (χ0v) is 10.4. The molecule has 74 valence electrons. The Balaban J connectivity index is 0. The Labute approximate surface area is 95.8 Å². The maximum atomic E-state index is 9.00. The molecule has 0 aliphatic rings. The molecule has 7 heteroatoms. The minimum Gasteiger partial charge on any atom is -0.264 e. The fraction of sp³-hybridized carbons (Fsp3) is 0.667. The van der Waals surface area contributed by atoms with E-state index in [2.05, 4.69) is 6.58 Å². The molecule has 0 heterocycles. The Hall–Kier alpha value is 0.570. The Bertz CT molecular complexity index is 205. The molecule has 0 saturated heterocycles. The third kappa shape index (κ3) is 32.5. The summed E-state index contributed by atoms with van der Waals surface area (Å²) in [6, 6.07) is 0. The zero-order valence-electron chi connectivity index (χ0n) is 7.55. The summed E-state index contributed by atoms with van der Waals surface area (Å²) in [7, 11) is -4.67. The van der Waals surface area contributed by atoms with Gasteiger partial charge in [-0.1, -0.05) is 0 Å². The van der Waals surface area contributed by atoms with Crippen LogP contribution in [-0.4, -0.2) is 56.7 Å². The summed E-state index contributed by atoms with van der Waals surface area (Å²) in [5.41, 5.74) is 0. The van der Waals surface area contributed by atoms with Crippen LogP contribution in [0.2, 0.25) is 3.67 Å². The van der Waals surface area contributed by atoms with Gasteiger partial charge in [0.25, 0.3) is 0 Å². The van der Waals surface area contributed by atoms with Crippen LogP contribution >= 0.6 is 0 Å². The molecule has 0 aromatic carbocycles. The third-order valence-corrected chi connectivity index (χ3v) is 1.64. The van der Waals surface area contributed by atoms with Gasteiger partial charge in [0.05, 0.1) is 0 Å². The average molecular weight is 220 g/mol. The molecule has 13 heavy (non-hydrogen) atoms. The zero-order chi connectivity index (χ0) is 10.9. The van der Waals surface area contributed by atoms with Gasteiger partial charge in [0.1, 0.15) is 0 Å². The van der Waals surface area contributed by atoms with Crippen molar-refractivity contribution in [3.63, 3.8) is 0 Å². The molecule has 0 radical (unpaired) electrons. The molecule has 0 spiro atoms. The molecule has 0 saturated carbocycles. The minimum atomic E-state index is -4.67. The van der Waals surface area contributed by atoms with E-state index in [1.165, 1.54) is 31.6 Å². The molecule has 5 nitrogen and oxygen atoms in total. The van der Waals surface area contributed by atoms with Crippen LogP contribution in [0.5, 0.6) is 0 Å². The van der Waals surface area contributed by atoms with Crippen LogP contribution in [0, 0.1) is 0 Å². The largest absolute Gasteiger partial charge is 0.394 e. The first kappa shape index (κ1) is 16.0. The van der Waals surface area contributed by atoms with Crippen LogP contribution < -0.4 is 0 Å². The van der Waals surface area contributed by atoms with Gasteiger partial charge in [0, 0.05) is 0 Å². The summed E-state index contributed by atoms with van der Waals surface area (Å²) in [5, 5.41) is 9.00. The number of aliphatic hydroxyl groups excluding tert-OH is 1. The van der Waals surface area contributed by atoms with Crippen molar-refractivity contribution >= 4 is 38.3 Å². The Kier molecular flexibility index (Phi) is 11.3. The van der Waals surface area contributed by atoms with Gasteiger partial charge in [0.15, 0.2) is 0 Å². The first-order valence-corrected chi connectivity index (χ1v) is 6.61. The van der Waals surface area contributed by atoms with Crippen LogP contribution in [-0.2, 0) is 10.4 Å². The topological polar surface area (TPSA) is 94.8 Å². The fourth-order valence-electron chi connectivity index (χ4n) is 0.643. The van der Waals surface area contributed by atoms with Gasteiger partial charge in [-0.25, -0.2) is 0 Å². The molecular formula is C6H13NaO5S.